The van der Waals surface area contributed by atoms with Crippen molar-refractivity contribution in [3.8, 4) is 23.0 Å². The summed E-state index contributed by atoms with van der Waals surface area (Å²) < 4.78 is 38.7. The van der Waals surface area contributed by atoms with Crippen LogP contribution in [0.3, 0.4) is 0 Å². The van der Waals surface area contributed by atoms with Crippen LogP contribution < -0.4 is 18.9 Å². The lowest BCUT2D eigenvalue weighted by Crippen LogP contribution is -2.70. The molecule has 1 fully saturated rings. The number of hydrogen-bond donors (Lipinski definition) is 2. The minimum absolute atomic E-state index is 0.0410. The highest BCUT2D eigenvalue weighted by Gasteiger charge is 2.65. The Morgan fingerprint density at radius 1 is 0.853 bits per heavy atom. The Hall–Kier alpha value is -5.73. The van der Waals surface area contributed by atoms with Gasteiger partial charge in [-0.3, -0.25) is 4.90 Å². The fourth-order valence-electron chi connectivity index (χ4n) is 10.2. The van der Waals surface area contributed by atoms with Gasteiger partial charge in [0.05, 0.1) is 31.5 Å². The van der Waals surface area contributed by atoms with Crippen LogP contribution in [0.15, 0.2) is 144 Å². The summed E-state index contributed by atoms with van der Waals surface area (Å²) in [6.45, 7) is 9.35. The smallest absolute Gasteiger partial charge is 0.410 e. The van der Waals surface area contributed by atoms with Gasteiger partial charge in [0.1, 0.15) is 24.1 Å². The largest absolute Gasteiger partial charge is 0.493 e. The van der Waals surface area contributed by atoms with E-state index in [0.29, 0.717) is 48.8 Å². The van der Waals surface area contributed by atoms with Gasteiger partial charge in [0.15, 0.2) is 11.5 Å². The van der Waals surface area contributed by atoms with E-state index in [9.17, 15) is 15.0 Å². The van der Waals surface area contributed by atoms with E-state index in [4.69, 9.17) is 38.4 Å². The first-order valence-electron chi connectivity index (χ1n) is 23.9. The lowest BCUT2D eigenvalue weighted by atomic mass is 9.55. The first-order valence-corrected chi connectivity index (χ1v) is 24.9. The normalized spacial score (nSPS) is 22.5. The predicted octanol–water partition coefficient (Wildman–Crippen LogP) is 10.6. The lowest BCUT2D eigenvalue weighted by Gasteiger charge is -2.59. The summed E-state index contributed by atoms with van der Waals surface area (Å²) in [5, 5.41) is 25.1. The zero-order valence-corrected chi connectivity index (χ0v) is 39.6. The van der Waals surface area contributed by atoms with Crippen molar-refractivity contribution in [2.45, 2.75) is 87.2 Å². The maximum atomic E-state index is 14.9. The minimum atomic E-state index is -1.48. The third kappa shape index (κ3) is 11.4. The van der Waals surface area contributed by atoms with E-state index >= 15 is 0 Å². The average molecular weight is 945 g/mol. The van der Waals surface area contributed by atoms with Gasteiger partial charge in [0.2, 0.25) is 12.6 Å². The molecule has 4 aromatic rings. The van der Waals surface area contributed by atoms with E-state index in [1.165, 1.54) is 4.90 Å². The van der Waals surface area contributed by atoms with Crippen molar-refractivity contribution in [2.75, 3.05) is 45.6 Å². The highest BCUT2D eigenvalue weighted by molar-refractivity contribution is 7.99. The third-order valence-electron chi connectivity index (χ3n) is 13.2. The number of carbonyl (C=O) groups excluding carboxylic acids is 1. The molecule has 0 radical (unpaired) electrons. The monoisotopic (exact) mass is 944 g/mol. The fraction of sp³-hybridized carbons (Fsp3) is 0.418. The molecule has 0 spiro atoms. The van der Waals surface area contributed by atoms with Crippen molar-refractivity contribution in [3.63, 3.8) is 0 Å². The van der Waals surface area contributed by atoms with Gasteiger partial charge in [-0.1, -0.05) is 90.8 Å². The molecule has 0 saturated heterocycles. The SMILES string of the molecule is C=CCCOC(=O)N(Cc1ccc2c(c1)OCO2)C1CC(=NOCc2ccccc2)C2=CC(CCCCO)C(CCCCO)C3c4cc(OCCSc5ccccc5)ccc4OC1(OCC=C)C23. The van der Waals surface area contributed by atoms with Crippen LogP contribution in [0.4, 0.5) is 4.79 Å². The van der Waals surface area contributed by atoms with Crippen LogP contribution in [0.25, 0.3) is 0 Å². The number of ether oxygens (including phenoxy) is 6. The van der Waals surface area contributed by atoms with Crippen LogP contribution >= 0.6 is 11.8 Å². The molecule has 6 atom stereocenters. The first kappa shape index (κ1) is 48.7. The van der Waals surface area contributed by atoms with Gasteiger partial charge in [-0.05, 0) is 103 Å². The van der Waals surface area contributed by atoms with E-state index in [0.717, 1.165) is 59.4 Å². The molecule has 68 heavy (non-hydrogen) atoms. The number of hydrogen-bond acceptors (Lipinski definition) is 12. The standard InChI is InChI=1S/C55H64N2O10S/c1-3-5-29-62-54(60)57(36-40-22-24-49-50(32-40)64-38-63-49)51-35-47(56-66-37-39-16-8-6-9-17-39)45-33-41(18-12-14-26-58)44(21-13-15-27-59)52-46-34-42(61-30-31-68-43-19-10-7-11-20-43)23-25-48(46)67-55(51,53(45)52)65-28-4-2/h3-4,6-11,16-17,19-20,22-25,32-34,41,44,51-53,58-59H,1-2,5,12-15,18,21,26-31,35-38H2. The van der Waals surface area contributed by atoms with E-state index in [1.807, 2.05) is 78.9 Å². The zero-order valence-electron chi connectivity index (χ0n) is 38.8. The van der Waals surface area contributed by atoms with E-state index in [-0.39, 0.29) is 70.5 Å². The highest BCUT2D eigenvalue weighted by Crippen LogP contribution is 2.62. The predicted molar refractivity (Wildman–Crippen MR) is 263 cm³/mol. The molecule has 1 amide bonds. The van der Waals surface area contributed by atoms with Crippen LogP contribution in [0, 0.1) is 17.8 Å². The van der Waals surface area contributed by atoms with Gasteiger partial charge >= 0.3 is 6.09 Å². The summed E-state index contributed by atoms with van der Waals surface area (Å²) >= 11 is 1.74. The van der Waals surface area contributed by atoms with Crippen LogP contribution in [-0.4, -0.2) is 84.3 Å². The topological polar surface area (TPSA) is 138 Å². The molecule has 2 heterocycles. The van der Waals surface area contributed by atoms with Crippen molar-refractivity contribution in [2.24, 2.45) is 22.9 Å². The quantitative estimate of drug-likeness (QED) is 0.0284. The Morgan fingerprint density at radius 2 is 1.62 bits per heavy atom. The molecule has 0 aromatic heterocycles. The van der Waals surface area contributed by atoms with Gasteiger partial charge in [0.25, 0.3) is 0 Å². The molecule has 12 nitrogen and oxygen atoms in total. The number of benzene rings is 4. The molecule has 1 saturated carbocycles. The summed E-state index contributed by atoms with van der Waals surface area (Å²) in [4.78, 5) is 24.1. The zero-order chi connectivity index (χ0) is 47.1. The molecule has 0 bridgehead atoms. The number of nitrogens with zero attached hydrogens (tertiary/aromatic N) is 2. The molecule has 2 N–H and O–H groups in total. The van der Waals surface area contributed by atoms with Gasteiger partial charge < -0.3 is 43.5 Å². The lowest BCUT2D eigenvalue weighted by molar-refractivity contribution is -0.256. The number of allylic oxidation sites excluding steroid dienone is 1. The number of unbranched alkanes of at least 4 members (excludes halogenated alkanes) is 2. The van der Waals surface area contributed by atoms with Crippen molar-refractivity contribution in [1.29, 1.82) is 0 Å². The molecule has 360 valence electrons. The Balaban J connectivity index is 1.28. The van der Waals surface area contributed by atoms with Crippen molar-refractivity contribution < 1.29 is 48.3 Å². The number of thioether (sulfide) groups is 1. The van der Waals surface area contributed by atoms with E-state index in [1.54, 1.807) is 28.8 Å². The first-order chi connectivity index (χ1) is 33.5. The average Bonchev–Trinajstić information content (AvgIpc) is 3.84. The van der Waals surface area contributed by atoms with Gasteiger partial charge in [-0.15, -0.1) is 24.9 Å². The fourth-order valence-corrected chi connectivity index (χ4v) is 10.9. The second-order valence-corrected chi connectivity index (χ2v) is 18.7. The van der Waals surface area contributed by atoms with Gasteiger partial charge in [0, 0.05) is 48.3 Å². The molecule has 8 rings (SSSR count). The molecule has 4 aliphatic rings. The van der Waals surface area contributed by atoms with Gasteiger partial charge in [-0.25, -0.2) is 4.79 Å². The number of amides is 1. The van der Waals surface area contributed by atoms with Crippen molar-refractivity contribution in [3.05, 3.63) is 151 Å². The summed E-state index contributed by atoms with van der Waals surface area (Å²) in [6.07, 6.45) is 10.5. The maximum Gasteiger partial charge on any atom is 0.410 e. The molecule has 13 heteroatoms. The third-order valence-corrected chi connectivity index (χ3v) is 14.2. The number of aliphatic hydroxyl groups is 2. The van der Waals surface area contributed by atoms with Crippen LogP contribution in [0.2, 0.25) is 0 Å². The summed E-state index contributed by atoms with van der Waals surface area (Å²) in [6, 6.07) is 31.1. The molecule has 4 aromatic carbocycles. The molecular formula is C55H64N2O10S. The second-order valence-electron chi connectivity index (χ2n) is 17.5. The van der Waals surface area contributed by atoms with E-state index < -0.39 is 23.8 Å². The van der Waals surface area contributed by atoms with Gasteiger partial charge in [-0.2, -0.15) is 0 Å². The molecule has 2 aliphatic heterocycles. The number of oxime groups is 1. The van der Waals surface area contributed by atoms with Crippen LogP contribution in [0.5, 0.6) is 23.0 Å². The molecule has 2 aliphatic carbocycles. The van der Waals surface area contributed by atoms with Crippen LogP contribution in [0.1, 0.15) is 74.0 Å². The minimum Gasteiger partial charge on any atom is -0.493 e. The van der Waals surface area contributed by atoms with Crippen LogP contribution in [-0.2, 0) is 27.5 Å². The maximum absolute atomic E-state index is 14.9. The summed E-state index contributed by atoms with van der Waals surface area (Å²) in [5.74, 6) is 1.24. The number of fused-ring (bicyclic) bond motifs is 3. The summed E-state index contributed by atoms with van der Waals surface area (Å²) in [7, 11) is 0. The molecule has 6 unspecified atom stereocenters. The van der Waals surface area contributed by atoms with Crippen molar-refractivity contribution >= 4 is 23.6 Å². The van der Waals surface area contributed by atoms with E-state index in [2.05, 4.69) is 37.4 Å². The number of aliphatic hydroxyl groups excluding tert-OH is 2. The Labute approximate surface area is 404 Å². The Bertz CT molecular complexity index is 2360. The number of rotatable bonds is 25. The summed E-state index contributed by atoms with van der Waals surface area (Å²) in [5.41, 5.74) is 4.37. The Morgan fingerprint density at radius 3 is 2.40 bits per heavy atom. The number of carbonyl (C=O) groups is 1. The second kappa shape index (κ2) is 24.0. The molecular weight excluding hydrogens is 881 g/mol. The highest BCUT2D eigenvalue weighted by atomic mass is 32.2. The Kier molecular flexibility index (Phi) is 17.2. The van der Waals surface area contributed by atoms with Crippen molar-refractivity contribution in [1.82, 2.24) is 4.90 Å².